The summed E-state index contributed by atoms with van der Waals surface area (Å²) < 4.78 is 5.24. The molecule has 172 valence electrons. The van der Waals surface area contributed by atoms with Crippen LogP contribution in [-0.2, 0) is 4.79 Å². The van der Waals surface area contributed by atoms with Crippen LogP contribution < -0.4 is 10.1 Å². The topological polar surface area (TPSA) is 82.1 Å². The van der Waals surface area contributed by atoms with Gasteiger partial charge in [-0.05, 0) is 42.3 Å². The number of rotatable bonds is 5. The van der Waals surface area contributed by atoms with Crippen LogP contribution in [0.4, 0.5) is 4.79 Å². The number of benzene rings is 2. The Morgan fingerprint density at radius 2 is 1.94 bits per heavy atom. The summed E-state index contributed by atoms with van der Waals surface area (Å²) in [6.45, 7) is 2.97. The largest absolute Gasteiger partial charge is 0.497 e. The number of methoxy groups -OCH3 is 1. The molecule has 0 radical (unpaired) electrons. The maximum atomic E-state index is 12.7. The molecule has 7 heteroatoms. The molecule has 0 spiro atoms. The first-order valence-corrected chi connectivity index (χ1v) is 11.3. The standard InChI is InChI=1S/C26H29N3O4/c1-3-13-27-26(32)28-15-22-25(23(17-30)29(22)24(31)16-28)20-11-9-18(10-12-20)7-8-19-5-4-6-21(14-19)33-2/h4-6,9-12,14,22-23,25,30H,3,13,15-17H2,1-2H3,(H,27,32)/t22-,23-,25-/m0/s1. The molecule has 3 amide bonds. The zero-order valence-electron chi connectivity index (χ0n) is 19.0. The Balaban J connectivity index is 1.49. The van der Waals surface area contributed by atoms with Gasteiger partial charge in [0.2, 0.25) is 5.91 Å². The summed E-state index contributed by atoms with van der Waals surface area (Å²) >= 11 is 0. The number of nitrogens with one attached hydrogen (secondary N) is 1. The minimum absolute atomic E-state index is 0.0267. The lowest BCUT2D eigenvalue weighted by Gasteiger charge is -2.58. The van der Waals surface area contributed by atoms with Gasteiger partial charge in [0.15, 0.2) is 0 Å². The highest BCUT2D eigenvalue weighted by Gasteiger charge is 2.54. The smallest absolute Gasteiger partial charge is 0.317 e. The van der Waals surface area contributed by atoms with Gasteiger partial charge < -0.3 is 25.0 Å². The van der Waals surface area contributed by atoms with Crippen molar-refractivity contribution in [2.45, 2.75) is 31.3 Å². The van der Waals surface area contributed by atoms with Gasteiger partial charge in [-0.1, -0.05) is 37.0 Å². The molecule has 2 saturated heterocycles. The quantitative estimate of drug-likeness (QED) is 0.689. The van der Waals surface area contributed by atoms with Gasteiger partial charge in [-0.2, -0.15) is 0 Å². The average Bonchev–Trinajstić information content (AvgIpc) is 2.83. The van der Waals surface area contributed by atoms with Crippen LogP contribution >= 0.6 is 0 Å². The highest BCUT2D eigenvalue weighted by Crippen LogP contribution is 2.42. The molecule has 2 N–H and O–H groups in total. The molecule has 0 aromatic heterocycles. The van der Waals surface area contributed by atoms with Crippen molar-refractivity contribution in [3.63, 3.8) is 0 Å². The number of urea groups is 1. The number of hydrogen-bond acceptors (Lipinski definition) is 4. The molecule has 4 rings (SSSR count). The van der Waals surface area contributed by atoms with E-state index in [0.717, 1.165) is 28.9 Å². The van der Waals surface area contributed by atoms with E-state index >= 15 is 0 Å². The molecule has 33 heavy (non-hydrogen) atoms. The van der Waals surface area contributed by atoms with Crippen LogP contribution in [0, 0.1) is 11.8 Å². The molecular weight excluding hydrogens is 418 g/mol. The lowest BCUT2D eigenvalue weighted by molar-refractivity contribution is -0.159. The maximum Gasteiger partial charge on any atom is 0.317 e. The Bertz CT molecular complexity index is 1070. The van der Waals surface area contributed by atoms with Crippen LogP contribution in [-0.4, -0.2) is 72.3 Å². The molecule has 2 aromatic rings. The fraction of sp³-hybridized carbons (Fsp3) is 0.385. The van der Waals surface area contributed by atoms with E-state index in [1.807, 2.05) is 55.5 Å². The highest BCUT2D eigenvalue weighted by molar-refractivity contribution is 5.87. The highest BCUT2D eigenvalue weighted by atomic mass is 16.5. The van der Waals surface area contributed by atoms with E-state index in [-0.39, 0.29) is 43.1 Å². The van der Waals surface area contributed by atoms with Crippen molar-refractivity contribution in [2.75, 3.05) is 33.4 Å². The van der Waals surface area contributed by atoms with Gasteiger partial charge >= 0.3 is 6.03 Å². The molecule has 2 aliphatic heterocycles. The Hall–Kier alpha value is -3.50. The maximum absolute atomic E-state index is 12.7. The molecule has 3 atom stereocenters. The molecule has 0 unspecified atom stereocenters. The second kappa shape index (κ2) is 9.97. The number of ether oxygens (including phenoxy) is 1. The predicted molar refractivity (Wildman–Crippen MR) is 125 cm³/mol. The van der Waals surface area contributed by atoms with Crippen molar-refractivity contribution in [1.82, 2.24) is 15.1 Å². The predicted octanol–water partition coefficient (Wildman–Crippen LogP) is 2.19. The fourth-order valence-corrected chi connectivity index (χ4v) is 4.63. The summed E-state index contributed by atoms with van der Waals surface area (Å²) in [6, 6.07) is 14.9. The van der Waals surface area contributed by atoms with Crippen molar-refractivity contribution in [1.29, 1.82) is 0 Å². The summed E-state index contributed by atoms with van der Waals surface area (Å²) in [5.41, 5.74) is 2.78. The normalized spacial score (nSPS) is 21.4. The zero-order chi connectivity index (χ0) is 23.4. The van der Waals surface area contributed by atoms with Crippen LogP contribution in [0.15, 0.2) is 48.5 Å². The third-order valence-electron chi connectivity index (χ3n) is 6.28. The number of piperazine rings is 1. The van der Waals surface area contributed by atoms with Crippen LogP contribution in [0.1, 0.15) is 36.0 Å². The second-order valence-electron chi connectivity index (χ2n) is 8.36. The zero-order valence-corrected chi connectivity index (χ0v) is 19.0. The number of aliphatic hydroxyl groups excluding tert-OH is 1. The monoisotopic (exact) mass is 447 g/mol. The van der Waals surface area contributed by atoms with Gasteiger partial charge in [0.25, 0.3) is 0 Å². The van der Waals surface area contributed by atoms with Gasteiger partial charge in [0, 0.05) is 30.1 Å². The number of amides is 3. The van der Waals surface area contributed by atoms with Gasteiger partial charge in [0.05, 0.1) is 25.8 Å². The molecule has 2 aromatic carbocycles. The van der Waals surface area contributed by atoms with E-state index in [2.05, 4.69) is 17.2 Å². The van der Waals surface area contributed by atoms with Gasteiger partial charge in [0.1, 0.15) is 12.3 Å². The van der Waals surface area contributed by atoms with Crippen molar-refractivity contribution < 1.29 is 19.4 Å². The third-order valence-corrected chi connectivity index (χ3v) is 6.28. The average molecular weight is 448 g/mol. The number of hydrogen-bond donors (Lipinski definition) is 2. The Labute approximate surface area is 194 Å². The molecule has 0 aliphatic carbocycles. The van der Waals surface area contributed by atoms with Crippen LogP contribution in [0.25, 0.3) is 0 Å². The first kappa shape index (κ1) is 22.7. The molecule has 0 saturated carbocycles. The van der Waals surface area contributed by atoms with E-state index < -0.39 is 0 Å². The SMILES string of the molecule is CCCNC(=O)N1CC(=O)N2[C@@H](CO)[C@@H](c3ccc(C#Cc4cccc(OC)c4)cc3)[C@@H]2C1. The van der Waals surface area contributed by atoms with Crippen LogP contribution in [0.5, 0.6) is 5.75 Å². The molecule has 2 heterocycles. The van der Waals surface area contributed by atoms with Gasteiger partial charge in [-0.15, -0.1) is 0 Å². The summed E-state index contributed by atoms with van der Waals surface area (Å²) in [5, 5.41) is 12.8. The Morgan fingerprint density at radius 1 is 1.18 bits per heavy atom. The number of nitrogens with zero attached hydrogens (tertiary/aromatic N) is 2. The van der Waals surface area contributed by atoms with E-state index in [1.54, 1.807) is 16.9 Å². The summed E-state index contributed by atoms with van der Waals surface area (Å²) in [7, 11) is 1.63. The number of fused-ring (bicyclic) bond motifs is 1. The molecule has 7 nitrogen and oxygen atoms in total. The first-order valence-electron chi connectivity index (χ1n) is 11.3. The molecule has 2 fully saturated rings. The minimum atomic E-state index is -0.267. The van der Waals surface area contributed by atoms with E-state index in [0.29, 0.717) is 13.1 Å². The van der Waals surface area contributed by atoms with Gasteiger partial charge in [-0.3, -0.25) is 4.79 Å². The number of carbonyl (C=O) groups excluding carboxylic acids is 2. The summed E-state index contributed by atoms with van der Waals surface area (Å²) in [5.74, 6) is 6.93. The van der Waals surface area contributed by atoms with Crippen molar-refractivity contribution in [2.24, 2.45) is 0 Å². The van der Waals surface area contributed by atoms with Gasteiger partial charge in [-0.25, -0.2) is 4.79 Å². The third kappa shape index (κ3) is 4.67. The molecule has 0 bridgehead atoms. The number of aliphatic hydroxyl groups is 1. The van der Waals surface area contributed by atoms with Crippen molar-refractivity contribution in [3.05, 3.63) is 65.2 Å². The van der Waals surface area contributed by atoms with Crippen molar-refractivity contribution >= 4 is 11.9 Å². The van der Waals surface area contributed by atoms with Crippen LogP contribution in [0.3, 0.4) is 0 Å². The summed E-state index contributed by atoms with van der Waals surface area (Å²) in [4.78, 5) is 28.4. The summed E-state index contributed by atoms with van der Waals surface area (Å²) in [6.07, 6.45) is 0.839. The van der Waals surface area contributed by atoms with Crippen LogP contribution in [0.2, 0.25) is 0 Å². The van der Waals surface area contributed by atoms with Crippen molar-refractivity contribution in [3.8, 4) is 17.6 Å². The Kier molecular flexibility index (Phi) is 6.85. The molecular formula is C26H29N3O4. The van der Waals surface area contributed by atoms with E-state index in [4.69, 9.17) is 4.74 Å². The second-order valence-corrected chi connectivity index (χ2v) is 8.36. The minimum Gasteiger partial charge on any atom is -0.497 e. The lowest BCUT2D eigenvalue weighted by atomic mass is 9.73. The number of carbonyl (C=O) groups is 2. The lowest BCUT2D eigenvalue weighted by Crippen LogP contribution is -2.73. The molecule has 2 aliphatic rings. The first-order chi connectivity index (χ1) is 16.0. The van der Waals surface area contributed by atoms with E-state index in [1.165, 1.54) is 0 Å². The Morgan fingerprint density at radius 3 is 2.64 bits per heavy atom. The van der Waals surface area contributed by atoms with E-state index in [9.17, 15) is 14.7 Å². The fourth-order valence-electron chi connectivity index (χ4n) is 4.63.